The molecule has 4 nitrogen and oxygen atoms in total. The summed E-state index contributed by atoms with van der Waals surface area (Å²) in [7, 11) is 0. The minimum Gasteiger partial charge on any atom is -0.481 e. The van der Waals surface area contributed by atoms with E-state index in [9.17, 15) is 4.79 Å². The number of nitrogens with zero attached hydrogens (tertiary/aromatic N) is 1. The highest BCUT2D eigenvalue weighted by atomic mass is 16.4. The van der Waals surface area contributed by atoms with Crippen LogP contribution < -0.4 is 5.73 Å². The Bertz CT molecular complexity index is 525. The molecule has 1 aromatic heterocycles. The lowest BCUT2D eigenvalue weighted by molar-refractivity contribution is -0.137. The highest BCUT2D eigenvalue weighted by Crippen LogP contribution is 2.17. The molecule has 3 N–H and O–H groups in total. The van der Waals surface area contributed by atoms with Crippen molar-refractivity contribution in [3.05, 3.63) is 42.1 Å². The number of para-hydroxylation sites is 1. The average molecular weight is 216 g/mol. The third kappa shape index (κ3) is 2.17. The van der Waals surface area contributed by atoms with Crippen LogP contribution in [0.5, 0.6) is 0 Å². The molecule has 0 saturated heterocycles. The number of carboxylic acid groups (broad SMARTS) is 1. The van der Waals surface area contributed by atoms with Crippen LogP contribution in [0, 0.1) is 0 Å². The molecule has 0 amide bonds. The normalized spacial score (nSPS) is 12.6. The third-order valence-corrected chi connectivity index (χ3v) is 2.39. The van der Waals surface area contributed by atoms with Gasteiger partial charge in [-0.15, -0.1) is 0 Å². The Balaban J connectivity index is 2.35. The standard InChI is InChI=1S/C12H12N2O2/c13-9(7-12(15)16)11-6-5-8-3-1-2-4-10(8)14-11/h1-6,9H,7,13H2,(H,15,16)/t9-/m1/s1. The Morgan fingerprint density at radius 3 is 2.81 bits per heavy atom. The summed E-state index contributed by atoms with van der Waals surface area (Å²) in [5, 5.41) is 9.67. The Labute approximate surface area is 92.7 Å². The van der Waals surface area contributed by atoms with E-state index in [2.05, 4.69) is 4.98 Å². The van der Waals surface area contributed by atoms with Crippen molar-refractivity contribution in [2.24, 2.45) is 5.73 Å². The number of benzene rings is 1. The zero-order chi connectivity index (χ0) is 11.5. The van der Waals surface area contributed by atoms with Crippen molar-refractivity contribution in [1.82, 2.24) is 4.98 Å². The van der Waals surface area contributed by atoms with Crippen LogP contribution in [0.1, 0.15) is 18.2 Å². The Morgan fingerprint density at radius 2 is 2.06 bits per heavy atom. The minimum atomic E-state index is -0.914. The van der Waals surface area contributed by atoms with Gasteiger partial charge in [-0.3, -0.25) is 9.78 Å². The maximum absolute atomic E-state index is 10.5. The van der Waals surface area contributed by atoms with Crippen molar-refractivity contribution in [3.63, 3.8) is 0 Å². The maximum Gasteiger partial charge on any atom is 0.305 e. The van der Waals surface area contributed by atoms with E-state index in [-0.39, 0.29) is 6.42 Å². The maximum atomic E-state index is 10.5. The predicted molar refractivity (Wildman–Crippen MR) is 60.9 cm³/mol. The summed E-state index contributed by atoms with van der Waals surface area (Å²) in [4.78, 5) is 14.9. The van der Waals surface area contributed by atoms with Crippen LogP contribution >= 0.6 is 0 Å². The fourth-order valence-corrected chi connectivity index (χ4v) is 1.58. The van der Waals surface area contributed by atoms with Gasteiger partial charge in [0, 0.05) is 5.39 Å². The number of hydrogen-bond donors (Lipinski definition) is 2. The van der Waals surface area contributed by atoms with Gasteiger partial charge in [-0.25, -0.2) is 0 Å². The van der Waals surface area contributed by atoms with Crippen molar-refractivity contribution in [1.29, 1.82) is 0 Å². The molecule has 1 heterocycles. The van der Waals surface area contributed by atoms with Gasteiger partial charge >= 0.3 is 5.97 Å². The second-order valence-electron chi connectivity index (χ2n) is 3.63. The Kier molecular flexibility index (Phi) is 2.83. The minimum absolute atomic E-state index is 0.106. The summed E-state index contributed by atoms with van der Waals surface area (Å²) in [5.41, 5.74) is 7.19. The van der Waals surface area contributed by atoms with Crippen LogP contribution in [-0.2, 0) is 4.79 Å². The highest BCUT2D eigenvalue weighted by Gasteiger charge is 2.11. The zero-order valence-corrected chi connectivity index (χ0v) is 8.63. The molecular formula is C12H12N2O2. The van der Waals surface area contributed by atoms with Crippen LogP contribution in [-0.4, -0.2) is 16.1 Å². The molecule has 0 radical (unpaired) electrons. The molecule has 82 valence electrons. The fraction of sp³-hybridized carbons (Fsp3) is 0.167. The lowest BCUT2D eigenvalue weighted by Crippen LogP contribution is -2.16. The van der Waals surface area contributed by atoms with Crippen molar-refractivity contribution in [2.45, 2.75) is 12.5 Å². The van der Waals surface area contributed by atoms with Gasteiger partial charge in [-0.05, 0) is 12.1 Å². The van der Waals surface area contributed by atoms with Crippen LogP contribution in [0.3, 0.4) is 0 Å². The SMILES string of the molecule is N[C@H](CC(=O)O)c1ccc2ccccc2n1. The molecule has 4 heteroatoms. The van der Waals surface area contributed by atoms with E-state index in [0.717, 1.165) is 10.9 Å². The first-order valence-corrected chi connectivity index (χ1v) is 5.00. The quantitative estimate of drug-likeness (QED) is 0.818. The van der Waals surface area contributed by atoms with Crippen LogP contribution in [0.2, 0.25) is 0 Å². The lowest BCUT2D eigenvalue weighted by atomic mass is 10.1. The van der Waals surface area contributed by atoms with Crippen molar-refractivity contribution in [2.75, 3.05) is 0 Å². The summed E-state index contributed by atoms with van der Waals surface area (Å²) in [6, 6.07) is 10.8. The van der Waals surface area contributed by atoms with E-state index < -0.39 is 12.0 Å². The van der Waals surface area contributed by atoms with Crippen LogP contribution in [0.25, 0.3) is 10.9 Å². The molecule has 1 atom stereocenters. The largest absolute Gasteiger partial charge is 0.481 e. The fourth-order valence-electron chi connectivity index (χ4n) is 1.58. The number of nitrogens with two attached hydrogens (primary N) is 1. The number of aromatic nitrogens is 1. The summed E-state index contributed by atoms with van der Waals surface area (Å²) < 4.78 is 0. The van der Waals surface area contributed by atoms with E-state index in [1.54, 1.807) is 6.07 Å². The summed E-state index contributed by atoms with van der Waals surface area (Å²) in [6.07, 6.45) is -0.106. The lowest BCUT2D eigenvalue weighted by Gasteiger charge is -2.08. The number of pyridine rings is 1. The Morgan fingerprint density at radius 1 is 1.31 bits per heavy atom. The molecule has 0 aliphatic heterocycles. The number of rotatable bonds is 3. The number of hydrogen-bond acceptors (Lipinski definition) is 3. The molecule has 0 spiro atoms. The van der Waals surface area contributed by atoms with Gasteiger partial charge in [0.05, 0.1) is 23.7 Å². The smallest absolute Gasteiger partial charge is 0.305 e. The molecule has 1 aromatic carbocycles. The molecule has 16 heavy (non-hydrogen) atoms. The number of aliphatic carboxylic acids is 1. The monoisotopic (exact) mass is 216 g/mol. The number of fused-ring (bicyclic) bond motifs is 1. The predicted octanol–water partition coefficient (Wildman–Crippen LogP) is 1.71. The summed E-state index contributed by atoms with van der Waals surface area (Å²) in [5.74, 6) is -0.914. The molecule has 2 aromatic rings. The number of carbonyl (C=O) groups is 1. The van der Waals surface area contributed by atoms with E-state index in [4.69, 9.17) is 10.8 Å². The van der Waals surface area contributed by atoms with Gasteiger partial charge in [-0.2, -0.15) is 0 Å². The second-order valence-corrected chi connectivity index (χ2v) is 3.63. The first kappa shape index (κ1) is 10.6. The van der Waals surface area contributed by atoms with Crippen molar-refractivity contribution < 1.29 is 9.90 Å². The first-order valence-electron chi connectivity index (χ1n) is 5.00. The summed E-state index contributed by atoms with van der Waals surface area (Å²) in [6.45, 7) is 0. The van der Waals surface area contributed by atoms with Crippen molar-refractivity contribution in [3.8, 4) is 0 Å². The summed E-state index contributed by atoms with van der Waals surface area (Å²) >= 11 is 0. The molecule has 0 unspecified atom stereocenters. The molecule has 0 bridgehead atoms. The van der Waals surface area contributed by atoms with Crippen LogP contribution in [0.4, 0.5) is 0 Å². The van der Waals surface area contributed by atoms with Crippen molar-refractivity contribution >= 4 is 16.9 Å². The topological polar surface area (TPSA) is 76.2 Å². The van der Waals surface area contributed by atoms with Gasteiger partial charge < -0.3 is 10.8 Å². The molecule has 2 rings (SSSR count). The average Bonchev–Trinajstić information content (AvgIpc) is 2.27. The van der Waals surface area contributed by atoms with Gasteiger partial charge in [0.2, 0.25) is 0 Å². The number of carboxylic acids is 1. The van der Waals surface area contributed by atoms with E-state index in [1.807, 2.05) is 30.3 Å². The van der Waals surface area contributed by atoms with Gasteiger partial charge in [-0.1, -0.05) is 24.3 Å². The van der Waals surface area contributed by atoms with Gasteiger partial charge in [0.15, 0.2) is 0 Å². The first-order chi connectivity index (χ1) is 7.66. The molecule has 0 saturated carbocycles. The van der Waals surface area contributed by atoms with Crippen LogP contribution in [0.15, 0.2) is 36.4 Å². The zero-order valence-electron chi connectivity index (χ0n) is 8.63. The molecular weight excluding hydrogens is 204 g/mol. The van der Waals surface area contributed by atoms with E-state index in [0.29, 0.717) is 5.69 Å². The third-order valence-electron chi connectivity index (χ3n) is 2.39. The second kappa shape index (κ2) is 4.28. The molecule has 0 aliphatic carbocycles. The Hall–Kier alpha value is -1.94. The highest BCUT2D eigenvalue weighted by molar-refractivity contribution is 5.78. The van der Waals surface area contributed by atoms with Gasteiger partial charge in [0.25, 0.3) is 0 Å². The molecule has 0 aliphatic rings. The van der Waals surface area contributed by atoms with Gasteiger partial charge in [0.1, 0.15) is 0 Å². The van der Waals surface area contributed by atoms with E-state index >= 15 is 0 Å². The molecule has 0 fully saturated rings. The van der Waals surface area contributed by atoms with E-state index in [1.165, 1.54) is 0 Å².